The topological polar surface area (TPSA) is 24.1 Å². The first-order chi connectivity index (χ1) is 9.77. The van der Waals surface area contributed by atoms with E-state index in [1.807, 2.05) is 0 Å². The van der Waals surface area contributed by atoms with E-state index in [0.717, 1.165) is 18.1 Å². The van der Waals surface area contributed by atoms with Crippen molar-refractivity contribution in [3.05, 3.63) is 34.4 Å². The maximum absolute atomic E-state index is 5.30. The largest absolute Gasteiger partial charge is 0.362 e. The molecule has 0 unspecified atom stereocenters. The summed E-state index contributed by atoms with van der Waals surface area (Å²) in [6.07, 6.45) is 3.54. The summed E-state index contributed by atoms with van der Waals surface area (Å²) >= 11 is 5.30. The second-order valence-corrected chi connectivity index (χ2v) is 7.67. The quantitative estimate of drug-likeness (QED) is 0.828. The summed E-state index contributed by atoms with van der Waals surface area (Å²) in [5.74, 6) is 0. The molecular formula is C18H28N2S. The molecule has 1 aromatic carbocycles. The van der Waals surface area contributed by atoms with Gasteiger partial charge in [0.05, 0.1) is 0 Å². The summed E-state index contributed by atoms with van der Waals surface area (Å²) in [4.78, 5) is 0. The van der Waals surface area contributed by atoms with E-state index < -0.39 is 0 Å². The van der Waals surface area contributed by atoms with Crippen LogP contribution in [-0.4, -0.2) is 17.7 Å². The van der Waals surface area contributed by atoms with Crippen molar-refractivity contribution in [1.29, 1.82) is 0 Å². The maximum Gasteiger partial charge on any atom is 0.166 e. The first-order valence-electron chi connectivity index (χ1n) is 7.92. The summed E-state index contributed by atoms with van der Waals surface area (Å²) in [5.41, 5.74) is 5.86. The zero-order valence-electron chi connectivity index (χ0n) is 14.0. The molecule has 0 aliphatic heterocycles. The zero-order valence-corrected chi connectivity index (χ0v) is 14.8. The molecule has 0 aromatic heterocycles. The number of benzene rings is 1. The molecule has 116 valence electrons. The lowest BCUT2D eigenvalue weighted by Crippen LogP contribution is -2.37. The molecule has 0 spiro atoms. The summed E-state index contributed by atoms with van der Waals surface area (Å²) in [6.45, 7) is 12.1. The van der Waals surface area contributed by atoms with Crippen LogP contribution in [0.4, 0.5) is 0 Å². The Morgan fingerprint density at radius 1 is 1.19 bits per heavy atom. The second kappa shape index (κ2) is 6.35. The lowest BCUT2D eigenvalue weighted by atomic mass is 9.83. The average Bonchev–Trinajstić information content (AvgIpc) is 3.15. The molecule has 0 radical (unpaired) electrons. The van der Waals surface area contributed by atoms with Crippen LogP contribution in [0.5, 0.6) is 0 Å². The minimum atomic E-state index is 0.210. The lowest BCUT2D eigenvalue weighted by molar-refractivity contribution is 0.588. The maximum atomic E-state index is 5.30. The van der Waals surface area contributed by atoms with Gasteiger partial charge in [0.1, 0.15) is 0 Å². The molecule has 1 saturated carbocycles. The van der Waals surface area contributed by atoms with Crippen molar-refractivity contribution in [1.82, 2.24) is 10.6 Å². The molecule has 0 saturated heterocycles. The summed E-state index contributed by atoms with van der Waals surface area (Å²) in [6, 6.07) is 5.30. The molecule has 1 fully saturated rings. The van der Waals surface area contributed by atoms with Crippen LogP contribution in [0.2, 0.25) is 0 Å². The van der Waals surface area contributed by atoms with Gasteiger partial charge in [-0.05, 0) is 73.0 Å². The van der Waals surface area contributed by atoms with Crippen LogP contribution in [0.3, 0.4) is 0 Å². The lowest BCUT2D eigenvalue weighted by Gasteiger charge is -2.22. The third kappa shape index (κ3) is 4.70. The Morgan fingerprint density at radius 2 is 1.76 bits per heavy atom. The van der Waals surface area contributed by atoms with E-state index in [2.05, 4.69) is 57.4 Å². The molecule has 0 atom stereocenters. The highest BCUT2D eigenvalue weighted by Crippen LogP contribution is 2.27. The van der Waals surface area contributed by atoms with Gasteiger partial charge >= 0.3 is 0 Å². The van der Waals surface area contributed by atoms with Crippen LogP contribution in [0.15, 0.2) is 12.1 Å². The van der Waals surface area contributed by atoms with Crippen molar-refractivity contribution >= 4 is 17.3 Å². The number of rotatable bonds is 4. The van der Waals surface area contributed by atoms with Gasteiger partial charge in [-0.1, -0.05) is 32.9 Å². The molecule has 0 amide bonds. The summed E-state index contributed by atoms with van der Waals surface area (Å²) < 4.78 is 0. The highest BCUT2D eigenvalue weighted by Gasteiger charge is 2.21. The van der Waals surface area contributed by atoms with E-state index in [1.165, 1.54) is 35.1 Å². The predicted molar refractivity (Wildman–Crippen MR) is 95.1 cm³/mol. The van der Waals surface area contributed by atoms with Gasteiger partial charge in [0, 0.05) is 12.6 Å². The van der Waals surface area contributed by atoms with E-state index in [9.17, 15) is 0 Å². The Labute approximate surface area is 134 Å². The van der Waals surface area contributed by atoms with Crippen LogP contribution < -0.4 is 10.6 Å². The number of hydrogen-bond acceptors (Lipinski definition) is 1. The molecular weight excluding hydrogens is 276 g/mol. The van der Waals surface area contributed by atoms with E-state index in [-0.39, 0.29) is 5.41 Å². The Bertz CT molecular complexity index is 502. The van der Waals surface area contributed by atoms with Gasteiger partial charge in [0.2, 0.25) is 0 Å². The minimum absolute atomic E-state index is 0.210. The molecule has 1 aliphatic rings. The van der Waals surface area contributed by atoms with Crippen molar-refractivity contribution in [3.63, 3.8) is 0 Å². The zero-order chi connectivity index (χ0) is 15.6. The van der Waals surface area contributed by atoms with Crippen molar-refractivity contribution in [2.75, 3.05) is 6.54 Å². The standard InChI is InChI=1S/C18H28N2S/c1-12-10-14(18(3,4)5)11-13(2)16(12)8-9-19-17(21)20-15-6-7-15/h10-11,15H,6-9H2,1-5H3,(H2,19,20,21). The fourth-order valence-corrected chi connectivity index (χ4v) is 2.85. The Hall–Kier alpha value is -1.09. The normalized spacial score (nSPS) is 14.9. The van der Waals surface area contributed by atoms with E-state index in [0.29, 0.717) is 6.04 Å². The van der Waals surface area contributed by atoms with Crippen LogP contribution in [0.25, 0.3) is 0 Å². The molecule has 2 rings (SSSR count). The van der Waals surface area contributed by atoms with Gasteiger partial charge < -0.3 is 10.6 Å². The number of aryl methyl sites for hydroxylation is 2. The smallest absolute Gasteiger partial charge is 0.166 e. The molecule has 1 aromatic rings. The van der Waals surface area contributed by atoms with Gasteiger partial charge in [-0.2, -0.15) is 0 Å². The van der Waals surface area contributed by atoms with Crippen LogP contribution in [-0.2, 0) is 11.8 Å². The van der Waals surface area contributed by atoms with Crippen molar-refractivity contribution in [2.24, 2.45) is 0 Å². The van der Waals surface area contributed by atoms with Gasteiger partial charge in [0.25, 0.3) is 0 Å². The van der Waals surface area contributed by atoms with Gasteiger partial charge in [0.15, 0.2) is 5.11 Å². The molecule has 21 heavy (non-hydrogen) atoms. The third-order valence-electron chi connectivity index (χ3n) is 4.14. The summed E-state index contributed by atoms with van der Waals surface area (Å²) in [7, 11) is 0. The Kier molecular flexibility index (Phi) is 4.92. The van der Waals surface area contributed by atoms with Gasteiger partial charge in [-0.15, -0.1) is 0 Å². The summed E-state index contributed by atoms with van der Waals surface area (Å²) in [5, 5.41) is 7.45. The monoisotopic (exact) mass is 304 g/mol. The Morgan fingerprint density at radius 3 is 2.24 bits per heavy atom. The highest BCUT2D eigenvalue weighted by atomic mass is 32.1. The van der Waals surface area contributed by atoms with Crippen LogP contribution >= 0.6 is 12.2 Å². The second-order valence-electron chi connectivity index (χ2n) is 7.26. The van der Waals surface area contributed by atoms with Crippen LogP contribution in [0, 0.1) is 13.8 Å². The van der Waals surface area contributed by atoms with E-state index in [1.54, 1.807) is 0 Å². The number of nitrogens with one attached hydrogen (secondary N) is 2. The van der Waals surface area contributed by atoms with Crippen molar-refractivity contribution in [2.45, 2.75) is 65.3 Å². The van der Waals surface area contributed by atoms with Crippen molar-refractivity contribution in [3.8, 4) is 0 Å². The third-order valence-corrected chi connectivity index (χ3v) is 4.40. The number of thiocarbonyl (C=S) groups is 1. The average molecular weight is 305 g/mol. The molecule has 0 bridgehead atoms. The van der Waals surface area contributed by atoms with E-state index in [4.69, 9.17) is 12.2 Å². The first kappa shape index (κ1) is 16.3. The van der Waals surface area contributed by atoms with Gasteiger partial charge in [-0.25, -0.2) is 0 Å². The molecule has 2 nitrogen and oxygen atoms in total. The van der Waals surface area contributed by atoms with Gasteiger partial charge in [-0.3, -0.25) is 0 Å². The van der Waals surface area contributed by atoms with E-state index >= 15 is 0 Å². The Balaban J connectivity index is 1.95. The molecule has 2 N–H and O–H groups in total. The fourth-order valence-electron chi connectivity index (χ4n) is 2.59. The SMILES string of the molecule is Cc1cc(C(C)(C)C)cc(C)c1CCNC(=S)NC1CC1. The van der Waals surface area contributed by atoms with Crippen molar-refractivity contribution < 1.29 is 0 Å². The highest BCUT2D eigenvalue weighted by molar-refractivity contribution is 7.80. The molecule has 0 heterocycles. The minimum Gasteiger partial charge on any atom is -0.362 e. The van der Waals surface area contributed by atoms with Crippen LogP contribution in [0.1, 0.15) is 55.9 Å². The molecule has 1 aliphatic carbocycles. The predicted octanol–water partition coefficient (Wildman–Crippen LogP) is 3.77. The fraction of sp³-hybridized carbons (Fsp3) is 0.611. The first-order valence-corrected chi connectivity index (χ1v) is 8.33. The molecule has 3 heteroatoms. The number of hydrogen-bond donors (Lipinski definition) is 2.